The molecule has 0 atom stereocenters. The van der Waals surface area contributed by atoms with Crippen LogP contribution in [-0.4, -0.2) is 53.2 Å². The second-order valence-electron chi connectivity index (χ2n) is 7.25. The first-order chi connectivity index (χ1) is 9.73. The highest BCUT2D eigenvalue weighted by Crippen LogP contribution is 2.34. The van der Waals surface area contributed by atoms with Gasteiger partial charge in [-0.3, -0.25) is 4.90 Å². The second kappa shape index (κ2) is 5.69. The van der Waals surface area contributed by atoms with Crippen molar-refractivity contribution in [2.75, 3.05) is 26.2 Å². The van der Waals surface area contributed by atoms with Crippen LogP contribution in [-0.2, 0) is 4.74 Å². The van der Waals surface area contributed by atoms with Crippen LogP contribution in [0.15, 0.2) is 11.6 Å². The van der Waals surface area contributed by atoms with Crippen molar-refractivity contribution in [2.24, 2.45) is 0 Å². The topological polar surface area (TPSA) is 56.6 Å². The summed E-state index contributed by atoms with van der Waals surface area (Å²) in [6, 6.07) is 2.09. The molecule has 2 fully saturated rings. The summed E-state index contributed by atoms with van der Waals surface area (Å²) in [5.74, 6) is 0. The first kappa shape index (κ1) is 15.8. The quantitative estimate of drug-likeness (QED) is 0.697. The molecule has 0 aromatic heterocycles. The second-order valence-corrected chi connectivity index (χ2v) is 7.25. The van der Waals surface area contributed by atoms with Crippen LogP contribution in [0.5, 0.6) is 0 Å². The molecule has 5 nitrogen and oxygen atoms in total. The summed E-state index contributed by atoms with van der Waals surface area (Å²) in [4.78, 5) is 16.3. The summed E-state index contributed by atoms with van der Waals surface area (Å²) < 4.78 is 5.42. The number of ether oxygens (including phenoxy) is 1. The van der Waals surface area contributed by atoms with Crippen LogP contribution in [0.1, 0.15) is 40.5 Å². The lowest BCUT2D eigenvalue weighted by molar-refractivity contribution is -0.00687. The van der Waals surface area contributed by atoms with Gasteiger partial charge in [0.1, 0.15) is 5.60 Å². The summed E-state index contributed by atoms with van der Waals surface area (Å²) in [7, 11) is 0. The summed E-state index contributed by atoms with van der Waals surface area (Å²) in [6.45, 7) is 11.2. The minimum Gasteiger partial charge on any atom is -0.444 e. The number of hydrogen-bond acceptors (Lipinski definition) is 4. The van der Waals surface area contributed by atoms with Crippen molar-refractivity contribution in [3.05, 3.63) is 11.6 Å². The average molecular weight is 291 g/mol. The zero-order valence-electron chi connectivity index (χ0n) is 13.5. The number of carbonyl (C=O) groups excluding carboxylic acids is 1. The lowest BCUT2D eigenvalue weighted by atomic mass is 9.84. The van der Waals surface area contributed by atoms with E-state index in [-0.39, 0.29) is 11.6 Å². The van der Waals surface area contributed by atoms with E-state index in [1.165, 1.54) is 5.57 Å². The maximum absolute atomic E-state index is 12.1. The Morgan fingerprint density at radius 2 is 1.90 bits per heavy atom. The van der Waals surface area contributed by atoms with Crippen molar-refractivity contribution in [2.45, 2.75) is 51.7 Å². The van der Waals surface area contributed by atoms with Gasteiger partial charge in [0.25, 0.3) is 0 Å². The van der Waals surface area contributed by atoms with E-state index >= 15 is 0 Å². The zero-order valence-corrected chi connectivity index (χ0v) is 13.5. The Hall–Kier alpha value is -1.54. The van der Waals surface area contributed by atoms with Gasteiger partial charge in [-0.05, 0) is 46.1 Å². The van der Waals surface area contributed by atoms with E-state index in [2.05, 4.69) is 17.9 Å². The number of rotatable bonds is 1. The molecule has 0 unspecified atom stereocenters. The molecule has 0 aromatic carbocycles. The zero-order chi connectivity index (χ0) is 15.7. The number of likely N-dealkylation sites (tertiary alicyclic amines) is 2. The first-order valence-electron chi connectivity index (χ1n) is 7.54. The summed E-state index contributed by atoms with van der Waals surface area (Å²) in [6.07, 6.45) is 3.34. The van der Waals surface area contributed by atoms with E-state index in [0.29, 0.717) is 0 Å². The molecule has 21 heavy (non-hydrogen) atoms. The molecule has 2 heterocycles. The van der Waals surface area contributed by atoms with Crippen LogP contribution in [0, 0.1) is 11.3 Å². The Labute approximate surface area is 127 Å². The van der Waals surface area contributed by atoms with Gasteiger partial charge in [0.2, 0.25) is 0 Å². The molecular weight excluding hydrogens is 266 g/mol. The van der Waals surface area contributed by atoms with Gasteiger partial charge >= 0.3 is 6.09 Å². The minimum atomic E-state index is -0.438. The molecule has 5 heteroatoms. The highest BCUT2D eigenvalue weighted by molar-refractivity contribution is 5.68. The van der Waals surface area contributed by atoms with Crippen molar-refractivity contribution in [1.29, 1.82) is 5.26 Å². The van der Waals surface area contributed by atoms with Gasteiger partial charge in [-0.15, -0.1) is 0 Å². The van der Waals surface area contributed by atoms with E-state index in [0.717, 1.165) is 39.0 Å². The van der Waals surface area contributed by atoms with Crippen LogP contribution < -0.4 is 0 Å². The normalized spacial score (nSPS) is 22.2. The first-order valence-corrected chi connectivity index (χ1v) is 7.54. The van der Waals surface area contributed by atoms with Gasteiger partial charge in [-0.2, -0.15) is 5.26 Å². The SMILES string of the molecule is CC(C)(C)OC(=O)N1CCC(C)(N2CC(=CC#N)C2)CC1. The third-order valence-electron chi connectivity index (χ3n) is 4.31. The van der Waals surface area contributed by atoms with Crippen LogP contribution in [0.4, 0.5) is 4.79 Å². The monoisotopic (exact) mass is 291 g/mol. The molecule has 0 radical (unpaired) electrons. The Morgan fingerprint density at radius 3 is 2.38 bits per heavy atom. The third-order valence-corrected chi connectivity index (χ3v) is 4.31. The van der Waals surface area contributed by atoms with Crippen LogP contribution in [0.25, 0.3) is 0 Å². The van der Waals surface area contributed by atoms with Crippen molar-refractivity contribution >= 4 is 6.09 Å². The number of allylic oxidation sites excluding steroid dienone is 1. The smallest absolute Gasteiger partial charge is 0.410 e. The van der Waals surface area contributed by atoms with Gasteiger partial charge in [0, 0.05) is 37.8 Å². The van der Waals surface area contributed by atoms with Gasteiger partial charge < -0.3 is 9.64 Å². The molecule has 2 aliphatic rings. The molecule has 2 saturated heterocycles. The molecule has 0 saturated carbocycles. The van der Waals surface area contributed by atoms with Gasteiger partial charge in [-0.25, -0.2) is 4.79 Å². The molecule has 116 valence electrons. The van der Waals surface area contributed by atoms with Crippen molar-refractivity contribution < 1.29 is 9.53 Å². The number of hydrogen-bond donors (Lipinski definition) is 0. The van der Waals surface area contributed by atoms with Crippen molar-refractivity contribution in [1.82, 2.24) is 9.80 Å². The van der Waals surface area contributed by atoms with Crippen LogP contribution >= 0.6 is 0 Å². The Bertz CT molecular complexity index is 469. The van der Waals surface area contributed by atoms with Crippen LogP contribution in [0.3, 0.4) is 0 Å². The molecular formula is C16H25N3O2. The predicted molar refractivity (Wildman–Crippen MR) is 80.7 cm³/mol. The van der Waals surface area contributed by atoms with E-state index < -0.39 is 5.60 Å². The molecule has 0 aliphatic carbocycles. The minimum absolute atomic E-state index is 0.130. The average Bonchev–Trinajstić information content (AvgIpc) is 2.31. The summed E-state index contributed by atoms with van der Waals surface area (Å²) in [5, 5.41) is 8.65. The number of nitrogens with zero attached hydrogens (tertiary/aromatic N) is 3. The summed E-state index contributed by atoms with van der Waals surface area (Å²) in [5.41, 5.74) is 0.894. The Balaban J connectivity index is 1.85. The highest BCUT2D eigenvalue weighted by Gasteiger charge is 2.41. The van der Waals surface area contributed by atoms with E-state index in [4.69, 9.17) is 10.00 Å². The lowest BCUT2D eigenvalue weighted by Crippen LogP contribution is -2.59. The highest BCUT2D eigenvalue weighted by atomic mass is 16.6. The fourth-order valence-corrected chi connectivity index (χ4v) is 2.82. The summed E-state index contributed by atoms with van der Waals surface area (Å²) >= 11 is 0. The van der Waals surface area contributed by atoms with E-state index in [1.807, 2.05) is 20.8 Å². The lowest BCUT2D eigenvalue weighted by Gasteiger charge is -2.51. The third kappa shape index (κ3) is 3.76. The fourth-order valence-electron chi connectivity index (χ4n) is 2.82. The molecule has 0 spiro atoms. The number of carbonyl (C=O) groups is 1. The molecule has 1 amide bonds. The van der Waals surface area contributed by atoms with E-state index in [1.54, 1.807) is 11.0 Å². The maximum atomic E-state index is 12.1. The largest absolute Gasteiger partial charge is 0.444 e. The van der Waals surface area contributed by atoms with Gasteiger partial charge in [-0.1, -0.05) is 0 Å². The molecule has 0 aromatic rings. The van der Waals surface area contributed by atoms with Gasteiger partial charge in [0.05, 0.1) is 6.07 Å². The standard InChI is InChI=1S/C16H25N3O2/c1-15(2,3)21-14(20)18-9-6-16(4,7-10-18)19-11-13(12-19)5-8-17/h5H,6-7,9-12H2,1-4H3. The van der Waals surface area contributed by atoms with Crippen LogP contribution in [0.2, 0.25) is 0 Å². The number of piperidine rings is 1. The molecule has 2 rings (SSSR count). The fraction of sp³-hybridized carbons (Fsp3) is 0.750. The van der Waals surface area contributed by atoms with E-state index in [9.17, 15) is 4.79 Å². The molecule has 0 bridgehead atoms. The number of amides is 1. The maximum Gasteiger partial charge on any atom is 0.410 e. The van der Waals surface area contributed by atoms with Gasteiger partial charge in [0.15, 0.2) is 0 Å². The molecule has 0 N–H and O–H groups in total. The van der Waals surface area contributed by atoms with Crippen molar-refractivity contribution in [3.63, 3.8) is 0 Å². The Morgan fingerprint density at radius 1 is 1.33 bits per heavy atom. The predicted octanol–water partition coefficient (Wildman–Crippen LogP) is 2.54. The number of nitriles is 1. The van der Waals surface area contributed by atoms with Crippen molar-refractivity contribution in [3.8, 4) is 6.07 Å². The molecule has 2 aliphatic heterocycles. The Kier molecular flexibility index (Phi) is 4.29.